The minimum absolute atomic E-state index is 0.0723. The fourth-order valence-electron chi connectivity index (χ4n) is 5.66. The predicted octanol–water partition coefficient (Wildman–Crippen LogP) is 10.5. The lowest BCUT2D eigenvalue weighted by atomic mass is 10.0. The van der Waals surface area contributed by atoms with Gasteiger partial charge in [0.05, 0.1) is 13.2 Å². The van der Waals surface area contributed by atoms with Gasteiger partial charge in [-0.05, 0) is 109 Å². The normalized spacial score (nSPS) is 13.3. The van der Waals surface area contributed by atoms with E-state index in [2.05, 4.69) is 110 Å². The fourth-order valence-corrected chi connectivity index (χ4v) is 5.66. The number of rotatable bonds is 37. The molecule has 0 fully saturated rings. The van der Waals surface area contributed by atoms with Gasteiger partial charge in [-0.15, -0.1) is 0 Å². The lowest BCUT2D eigenvalue weighted by molar-refractivity contribution is -0.150. The van der Waals surface area contributed by atoms with Gasteiger partial charge < -0.3 is 25.6 Å². The Labute approximate surface area is 339 Å². The number of aliphatic hydroxyl groups is 1. The first-order valence-electron chi connectivity index (χ1n) is 21.5. The van der Waals surface area contributed by atoms with Crippen LogP contribution in [-0.4, -0.2) is 59.3 Å². The zero-order chi connectivity index (χ0) is 41.2. The molecule has 0 radical (unpaired) electrons. The van der Waals surface area contributed by atoms with Gasteiger partial charge >= 0.3 is 11.9 Å². The molecule has 0 rings (SSSR count). The summed E-state index contributed by atoms with van der Waals surface area (Å²) in [5, 5.41) is 22.5. The zero-order valence-corrected chi connectivity index (χ0v) is 34.9. The number of carboxylic acid groups (broad SMARTS) is 1. The Bertz CT molecular complexity index is 1210. The Morgan fingerprint density at radius 1 is 0.536 bits per heavy atom. The highest BCUT2D eigenvalue weighted by atomic mass is 16.5. The Kier molecular flexibility index (Phi) is 37.8. The summed E-state index contributed by atoms with van der Waals surface area (Å²) in [5.74, 6) is -2.37. The van der Waals surface area contributed by atoms with Crippen molar-refractivity contribution in [1.82, 2.24) is 10.6 Å². The molecule has 0 spiro atoms. The molecule has 0 heterocycles. The number of aliphatic hydroxyl groups excluding tert-OH is 1. The third-order valence-corrected chi connectivity index (χ3v) is 8.89. The second kappa shape index (κ2) is 40.7. The van der Waals surface area contributed by atoms with E-state index >= 15 is 0 Å². The van der Waals surface area contributed by atoms with Crippen LogP contribution in [0.2, 0.25) is 0 Å². The summed E-state index contributed by atoms with van der Waals surface area (Å²) in [6, 6.07) is -1.39. The number of aliphatic carboxylic acids is 1. The van der Waals surface area contributed by atoms with Crippen molar-refractivity contribution < 1.29 is 34.1 Å². The van der Waals surface area contributed by atoms with E-state index in [-0.39, 0.29) is 30.9 Å². The van der Waals surface area contributed by atoms with Crippen molar-refractivity contribution in [3.8, 4) is 0 Å². The standard InChI is InChI=1S/C47H76N2O7/c1-3-5-7-9-11-13-15-17-18-20-21-23-25-28-32-36-42(56-46(53)39-35-31-26-24-22-19-16-14-12-10-8-6-4-2)37-33-29-27-30-34-38-44(51)48-40-45(52)49-43(41-50)47(54)55/h5-8,11-14,17-19,21-23,42-43,50H,3-4,9-10,15-16,20,24-41H2,1-2H3,(H,48,51)(H,49,52)(H,54,55)/b7-5-,8-6-,13-11-,14-12-,18-17-,22-19-,23-21-. The third kappa shape index (κ3) is 37.0. The predicted molar refractivity (Wildman–Crippen MR) is 231 cm³/mol. The highest BCUT2D eigenvalue weighted by Gasteiger charge is 2.19. The molecule has 2 amide bonds. The van der Waals surface area contributed by atoms with Crippen LogP contribution >= 0.6 is 0 Å². The van der Waals surface area contributed by atoms with E-state index in [4.69, 9.17) is 14.9 Å². The number of amides is 2. The summed E-state index contributed by atoms with van der Waals surface area (Å²) in [7, 11) is 0. The number of carbonyl (C=O) groups excluding carboxylic acids is 3. The Hall–Kier alpha value is -3.98. The van der Waals surface area contributed by atoms with E-state index in [1.54, 1.807) is 0 Å². The maximum absolute atomic E-state index is 12.8. The molecule has 0 saturated carbocycles. The number of carboxylic acids is 1. The van der Waals surface area contributed by atoms with E-state index in [9.17, 15) is 19.2 Å². The van der Waals surface area contributed by atoms with Crippen LogP contribution < -0.4 is 10.6 Å². The third-order valence-electron chi connectivity index (χ3n) is 8.89. The fraction of sp³-hybridized carbons (Fsp3) is 0.617. The van der Waals surface area contributed by atoms with Crippen LogP contribution in [0.4, 0.5) is 0 Å². The molecule has 2 atom stereocenters. The Balaban J connectivity index is 4.50. The molecule has 0 aliphatic heterocycles. The van der Waals surface area contributed by atoms with Crippen LogP contribution in [0.5, 0.6) is 0 Å². The Morgan fingerprint density at radius 3 is 1.48 bits per heavy atom. The molecule has 0 saturated heterocycles. The van der Waals surface area contributed by atoms with Gasteiger partial charge in [-0.25, -0.2) is 4.79 Å². The number of nitrogens with one attached hydrogen (secondary N) is 2. The average Bonchev–Trinajstić information content (AvgIpc) is 3.18. The van der Waals surface area contributed by atoms with Crippen LogP contribution in [0.3, 0.4) is 0 Å². The molecule has 0 bridgehead atoms. The maximum Gasteiger partial charge on any atom is 0.328 e. The van der Waals surface area contributed by atoms with Crippen molar-refractivity contribution >= 4 is 23.8 Å². The number of esters is 1. The van der Waals surface area contributed by atoms with Crippen molar-refractivity contribution in [3.05, 3.63) is 85.1 Å². The second-order valence-corrected chi connectivity index (χ2v) is 14.0. The zero-order valence-electron chi connectivity index (χ0n) is 34.9. The molecule has 0 aliphatic rings. The molecule has 316 valence electrons. The molecule has 0 aromatic heterocycles. The van der Waals surface area contributed by atoms with Gasteiger partial charge in [0.15, 0.2) is 0 Å². The molecule has 0 aliphatic carbocycles. The molecule has 4 N–H and O–H groups in total. The Morgan fingerprint density at radius 2 is 0.964 bits per heavy atom. The molecular formula is C47H76N2O7. The number of unbranched alkanes of at least 4 members (excludes halogenated alkanes) is 9. The first-order valence-corrected chi connectivity index (χ1v) is 21.5. The van der Waals surface area contributed by atoms with Crippen LogP contribution in [-0.2, 0) is 23.9 Å². The summed E-state index contributed by atoms with van der Waals surface area (Å²) >= 11 is 0. The van der Waals surface area contributed by atoms with Crippen LogP contribution in [0.1, 0.15) is 162 Å². The topological polar surface area (TPSA) is 142 Å². The van der Waals surface area contributed by atoms with Crippen molar-refractivity contribution in [3.63, 3.8) is 0 Å². The van der Waals surface area contributed by atoms with E-state index in [0.29, 0.717) is 12.8 Å². The summed E-state index contributed by atoms with van der Waals surface area (Å²) in [6.07, 6.45) is 51.8. The number of hydrogen-bond acceptors (Lipinski definition) is 6. The average molecular weight is 781 g/mol. The summed E-state index contributed by atoms with van der Waals surface area (Å²) in [4.78, 5) is 47.6. The van der Waals surface area contributed by atoms with E-state index in [0.717, 1.165) is 128 Å². The van der Waals surface area contributed by atoms with Crippen molar-refractivity contribution in [2.24, 2.45) is 0 Å². The molecule has 9 heteroatoms. The largest absolute Gasteiger partial charge is 0.480 e. The van der Waals surface area contributed by atoms with Gasteiger partial charge in [0, 0.05) is 12.8 Å². The lowest BCUT2D eigenvalue weighted by Crippen LogP contribution is -2.47. The van der Waals surface area contributed by atoms with Crippen molar-refractivity contribution in [1.29, 1.82) is 0 Å². The van der Waals surface area contributed by atoms with Gasteiger partial charge in [-0.2, -0.15) is 0 Å². The van der Waals surface area contributed by atoms with Gasteiger partial charge in [0.25, 0.3) is 0 Å². The summed E-state index contributed by atoms with van der Waals surface area (Å²) in [5.41, 5.74) is 0. The number of ether oxygens (including phenoxy) is 1. The monoisotopic (exact) mass is 781 g/mol. The van der Waals surface area contributed by atoms with Crippen LogP contribution in [0.25, 0.3) is 0 Å². The molecule has 2 unspecified atom stereocenters. The summed E-state index contributed by atoms with van der Waals surface area (Å²) < 4.78 is 5.99. The minimum atomic E-state index is -1.39. The number of allylic oxidation sites excluding steroid dienone is 14. The van der Waals surface area contributed by atoms with E-state index in [1.165, 1.54) is 0 Å². The minimum Gasteiger partial charge on any atom is -0.480 e. The molecule has 0 aromatic rings. The first kappa shape index (κ1) is 52.0. The highest BCUT2D eigenvalue weighted by molar-refractivity contribution is 5.87. The number of hydrogen-bond donors (Lipinski definition) is 4. The maximum atomic E-state index is 12.8. The van der Waals surface area contributed by atoms with Crippen LogP contribution in [0.15, 0.2) is 85.1 Å². The smallest absolute Gasteiger partial charge is 0.328 e. The lowest BCUT2D eigenvalue weighted by Gasteiger charge is -2.18. The SMILES string of the molecule is CC/C=C\C/C=C\C/C=C\C/C=C\CCCCC(CCCCCCCC(=O)NCC(=O)NC(CO)C(=O)O)OC(=O)CCCCC/C=C\C/C=C\C/C=C\CC. The van der Waals surface area contributed by atoms with Gasteiger partial charge in [0.1, 0.15) is 12.1 Å². The second-order valence-electron chi connectivity index (χ2n) is 14.0. The number of carbonyl (C=O) groups is 4. The molecule has 0 aromatic carbocycles. The highest BCUT2D eigenvalue weighted by Crippen LogP contribution is 2.18. The van der Waals surface area contributed by atoms with Gasteiger partial charge in [0.2, 0.25) is 11.8 Å². The molecular weight excluding hydrogens is 705 g/mol. The van der Waals surface area contributed by atoms with Crippen molar-refractivity contribution in [2.75, 3.05) is 13.2 Å². The quantitative estimate of drug-likeness (QED) is 0.0279. The van der Waals surface area contributed by atoms with Crippen LogP contribution in [0, 0.1) is 0 Å². The van der Waals surface area contributed by atoms with Gasteiger partial charge in [-0.3, -0.25) is 14.4 Å². The molecule has 9 nitrogen and oxygen atoms in total. The van der Waals surface area contributed by atoms with E-state index < -0.39 is 24.5 Å². The van der Waals surface area contributed by atoms with Crippen molar-refractivity contribution in [2.45, 2.75) is 174 Å². The molecule has 56 heavy (non-hydrogen) atoms. The van der Waals surface area contributed by atoms with Gasteiger partial charge in [-0.1, -0.05) is 125 Å². The first-order chi connectivity index (χ1) is 27.3. The van der Waals surface area contributed by atoms with E-state index in [1.807, 2.05) is 0 Å². The summed E-state index contributed by atoms with van der Waals surface area (Å²) in [6.45, 7) is 3.23.